The maximum absolute atomic E-state index is 5.98. The molecule has 0 spiro atoms. The third-order valence-electron chi connectivity index (χ3n) is 3.72. The first-order chi connectivity index (χ1) is 9.08. The van der Waals surface area contributed by atoms with Crippen LogP contribution in [0.3, 0.4) is 0 Å². The van der Waals surface area contributed by atoms with E-state index in [2.05, 4.69) is 59.8 Å². The minimum Gasteiger partial charge on any atom is -0.489 e. The van der Waals surface area contributed by atoms with E-state index in [1.807, 2.05) is 0 Å². The Morgan fingerprint density at radius 1 is 1.37 bits per heavy atom. The average molecular weight is 326 g/mol. The number of likely N-dealkylation sites (tertiary alicyclic amines) is 1. The second-order valence-corrected chi connectivity index (χ2v) is 6.56. The quantitative estimate of drug-likeness (QED) is 0.801. The summed E-state index contributed by atoms with van der Waals surface area (Å²) >= 11 is 3.61. The Balaban J connectivity index is 2.16. The zero-order valence-corrected chi connectivity index (χ0v) is 13.7. The summed E-state index contributed by atoms with van der Waals surface area (Å²) in [6, 6.07) is 7.02. The Kier molecular flexibility index (Phi) is 5.28. The van der Waals surface area contributed by atoms with Crippen molar-refractivity contribution in [3.63, 3.8) is 0 Å². The van der Waals surface area contributed by atoms with Gasteiger partial charge in [0.1, 0.15) is 5.75 Å². The lowest BCUT2D eigenvalue weighted by Crippen LogP contribution is -2.36. The first-order valence-electron chi connectivity index (χ1n) is 7.26. The van der Waals surface area contributed by atoms with E-state index in [-0.39, 0.29) is 6.10 Å². The highest BCUT2D eigenvalue weighted by molar-refractivity contribution is 9.10. The summed E-state index contributed by atoms with van der Waals surface area (Å²) in [7, 11) is 0. The number of rotatable bonds is 4. The zero-order chi connectivity index (χ0) is 13.8. The fraction of sp³-hybridized carbons (Fsp3) is 0.625. The standard InChI is InChI=1S/C16H24BrNO/c1-12(2)19-16-14(8-6-9-15(16)17)11-18-10-5-4-7-13(18)3/h6,8-9,12-13H,4-5,7,10-11H2,1-3H3. The normalized spacial score (nSPS) is 20.8. The van der Waals surface area contributed by atoms with Gasteiger partial charge in [-0.3, -0.25) is 4.90 Å². The third-order valence-corrected chi connectivity index (χ3v) is 4.34. The van der Waals surface area contributed by atoms with Gasteiger partial charge in [-0.1, -0.05) is 18.6 Å². The number of para-hydroxylation sites is 1. The van der Waals surface area contributed by atoms with Gasteiger partial charge in [-0.05, 0) is 62.2 Å². The maximum Gasteiger partial charge on any atom is 0.138 e. The number of halogens is 1. The molecule has 19 heavy (non-hydrogen) atoms. The molecule has 106 valence electrons. The van der Waals surface area contributed by atoms with Gasteiger partial charge >= 0.3 is 0 Å². The lowest BCUT2D eigenvalue weighted by atomic mass is 10.0. The van der Waals surface area contributed by atoms with Crippen molar-refractivity contribution in [1.29, 1.82) is 0 Å². The molecule has 0 amide bonds. The molecule has 0 aliphatic carbocycles. The van der Waals surface area contributed by atoms with E-state index >= 15 is 0 Å². The molecule has 1 unspecified atom stereocenters. The second kappa shape index (κ2) is 6.76. The van der Waals surface area contributed by atoms with Gasteiger partial charge in [-0.25, -0.2) is 0 Å². The van der Waals surface area contributed by atoms with Gasteiger partial charge < -0.3 is 4.74 Å². The molecule has 0 saturated carbocycles. The van der Waals surface area contributed by atoms with Crippen molar-refractivity contribution < 1.29 is 4.74 Å². The highest BCUT2D eigenvalue weighted by Crippen LogP contribution is 2.32. The summed E-state index contributed by atoms with van der Waals surface area (Å²) in [4.78, 5) is 2.57. The molecule has 1 aliphatic rings. The second-order valence-electron chi connectivity index (χ2n) is 5.71. The lowest BCUT2D eigenvalue weighted by molar-refractivity contribution is 0.148. The molecule has 0 bridgehead atoms. The smallest absolute Gasteiger partial charge is 0.138 e. The molecular weight excluding hydrogens is 302 g/mol. The Morgan fingerprint density at radius 2 is 2.16 bits per heavy atom. The van der Waals surface area contributed by atoms with Crippen LogP contribution in [0.1, 0.15) is 45.6 Å². The molecule has 1 heterocycles. The Bertz CT molecular complexity index is 419. The molecule has 0 N–H and O–H groups in total. The molecule has 1 aromatic carbocycles. The molecule has 1 fully saturated rings. The van der Waals surface area contributed by atoms with E-state index in [4.69, 9.17) is 4.74 Å². The molecule has 0 aromatic heterocycles. The van der Waals surface area contributed by atoms with E-state index in [1.165, 1.54) is 31.4 Å². The first-order valence-corrected chi connectivity index (χ1v) is 8.05. The summed E-state index contributed by atoms with van der Waals surface area (Å²) in [5.41, 5.74) is 1.29. The number of hydrogen-bond donors (Lipinski definition) is 0. The Morgan fingerprint density at radius 3 is 2.84 bits per heavy atom. The highest BCUT2D eigenvalue weighted by Gasteiger charge is 2.20. The topological polar surface area (TPSA) is 12.5 Å². The number of nitrogens with zero attached hydrogens (tertiary/aromatic N) is 1. The zero-order valence-electron chi connectivity index (χ0n) is 12.2. The van der Waals surface area contributed by atoms with Crippen LogP contribution in [0.25, 0.3) is 0 Å². The molecule has 1 atom stereocenters. The van der Waals surface area contributed by atoms with Crippen LogP contribution in [0.2, 0.25) is 0 Å². The lowest BCUT2D eigenvalue weighted by Gasteiger charge is -2.33. The molecular formula is C16H24BrNO. The van der Waals surface area contributed by atoms with Gasteiger partial charge in [0.25, 0.3) is 0 Å². The van der Waals surface area contributed by atoms with Gasteiger partial charge in [-0.2, -0.15) is 0 Å². The van der Waals surface area contributed by atoms with Gasteiger partial charge in [0.05, 0.1) is 10.6 Å². The molecule has 2 nitrogen and oxygen atoms in total. The van der Waals surface area contributed by atoms with E-state index < -0.39 is 0 Å². The van der Waals surface area contributed by atoms with Crippen molar-refractivity contribution in [2.75, 3.05) is 6.54 Å². The first kappa shape index (κ1) is 14.9. The van der Waals surface area contributed by atoms with Crippen LogP contribution in [0.4, 0.5) is 0 Å². The van der Waals surface area contributed by atoms with Crippen molar-refractivity contribution in [2.24, 2.45) is 0 Å². The van der Waals surface area contributed by atoms with Crippen LogP contribution < -0.4 is 4.74 Å². The largest absolute Gasteiger partial charge is 0.489 e. The third kappa shape index (κ3) is 3.96. The van der Waals surface area contributed by atoms with Crippen LogP contribution in [0, 0.1) is 0 Å². The van der Waals surface area contributed by atoms with Crippen molar-refractivity contribution in [2.45, 2.75) is 58.7 Å². The van der Waals surface area contributed by atoms with E-state index in [9.17, 15) is 0 Å². The van der Waals surface area contributed by atoms with Gasteiger partial charge in [0.15, 0.2) is 0 Å². The molecule has 1 saturated heterocycles. The number of benzene rings is 1. The van der Waals surface area contributed by atoms with Gasteiger partial charge in [-0.15, -0.1) is 0 Å². The average Bonchev–Trinajstić information content (AvgIpc) is 2.36. The minimum atomic E-state index is 0.205. The number of piperidine rings is 1. The van der Waals surface area contributed by atoms with Crippen LogP contribution >= 0.6 is 15.9 Å². The summed E-state index contributed by atoms with van der Waals surface area (Å²) in [6.07, 6.45) is 4.20. The Hall–Kier alpha value is -0.540. The van der Waals surface area contributed by atoms with E-state index in [0.717, 1.165) is 16.8 Å². The summed E-state index contributed by atoms with van der Waals surface area (Å²) in [6.45, 7) is 8.68. The molecule has 3 heteroatoms. The summed E-state index contributed by atoms with van der Waals surface area (Å²) in [5, 5.41) is 0. The van der Waals surface area contributed by atoms with Crippen molar-refractivity contribution in [1.82, 2.24) is 4.90 Å². The SMILES string of the molecule is CC(C)Oc1c(Br)cccc1CN1CCCCC1C. The van der Waals surface area contributed by atoms with Gasteiger partial charge in [0.2, 0.25) is 0 Å². The number of hydrogen-bond acceptors (Lipinski definition) is 2. The molecule has 1 aromatic rings. The summed E-state index contributed by atoms with van der Waals surface area (Å²) < 4.78 is 7.04. The minimum absolute atomic E-state index is 0.205. The number of ether oxygens (including phenoxy) is 1. The fourth-order valence-electron chi connectivity index (χ4n) is 2.66. The molecule has 1 aliphatic heterocycles. The Labute approximate surface area is 125 Å². The monoisotopic (exact) mass is 325 g/mol. The molecule has 0 radical (unpaired) electrons. The highest BCUT2D eigenvalue weighted by atomic mass is 79.9. The van der Waals surface area contributed by atoms with E-state index in [0.29, 0.717) is 6.04 Å². The van der Waals surface area contributed by atoms with Crippen LogP contribution in [0.15, 0.2) is 22.7 Å². The van der Waals surface area contributed by atoms with Crippen LogP contribution in [-0.4, -0.2) is 23.6 Å². The predicted molar refractivity (Wildman–Crippen MR) is 83.6 cm³/mol. The molecule has 2 rings (SSSR count). The van der Waals surface area contributed by atoms with Crippen molar-refractivity contribution in [3.8, 4) is 5.75 Å². The van der Waals surface area contributed by atoms with E-state index in [1.54, 1.807) is 0 Å². The van der Waals surface area contributed by atoms with Crippen molar-refractivity contribution in [3.05, 3.63) is 28.2 Å². The fourth-order valence-corrected chi connectivity index (χ4v) is 3.16. The van der Waals surface area contributed by atoms with Crippen LogP contribution in [-0.2, 0) is 6.54 Å². The summed E-state index contributed by atoms with van der Waals surface area (Å²) in [5.74, 6) is 1.01. The maximum atomic E-state index is 5.98. The predicted octanol–water partition coefficient (Wildman–Crippen LogP) is 4.61. The van der Waals surface area contributed by atoms with Crippen LogP contribution in [0.5, 0.6) is 5.75 Å². The van der Waals surface area contributed by atoms with Crippen molar-refractivity contribution >= 4 is 15.9 Å². The van der Waals surface area contributed by atoms with Gasteiger partial charge in [0, 0.05) is 18.2 Å².